The van der Waals surface area contributed by atoms with Gasteiger partial charge in [-0.3, -0.25) is 19.7 Å². The number of ether oxygens (including phenoxy) is 3. The van der Waals surface area contributed by atoms with Gasteiger partial charge in [-0.2, -0.15) is 0 Å². The van der Waals surface area contributed by atoms with Crippen LogP contribution < -0.4 is 15.6 Å². The van der Waals surface area contributed by atoms with Crippen LogP contribution in [0.5, 0.6) is 5.75 Å². The number of benzene rings is 2. The Morgan fingerprint density at radius 1 is 1.17 bits per heavy atom. The molecule has 0 radical (unpaired) electrons. The molecular weight excluding hydrogens is 544 g/mol. The van der Waals surface area contributed by atoms with Crippen LogP contribution in [0.3, 0.4) is 0 Å². The van der Waals surface area contributed by atoms with Crippen LogP contribution >= 0.6 is 0 Å². The van der Waals surface area contributed by atoms with Gasteiger partial charge in [0.15, 0.2) is 0 Å². The standard InChI is InChI=1S/C30H26N4O8/c1-4-30(42-16(2)35)23-12-25-27-21(14-33(25)28(36)22(23)15-41-29(30)37)26(31-13-17-5-8-19(40-3)9-6-17)20-11-18(34(38)39)7-10-24(20)32-27/h5-12H,4,13-15H2,1-3H3,(H,31,32)/t30-/m0/s1. The van der Waals surface area contributed by atoms with Crippen molar-refractivity contribution < 1.29 is 28.7 Å². The first-order valence-electron chi connectivity index (χ1n) is 13.3. The first kappa shape index (κ1) is 26.9. The summed E-state index contributed by atoms with van der Waals surface area (Å²) in [7, 11) is 1.59. The Labute approximate surface area is 239 Å². The van der Waals surface area contributed by atoms with Crippen LogP contribution in [-0.2, 0) is 44.4 Å². The van der Waals surface area contributed by atoms with Crippen LogP contribution in [0.15, 0.2) is 53.3 Å². The number of non-ortho nitro benzene ring substituents is 1. The molecule has 2 aromatic heterocycles. The Kier molecular flexibility index (Phi) is 6.40. The zero-order valence-corrected chi connectivity index (χ0v) is 23.1. The van der Waals surface area contributed by atoms with Gasteiger partial charge in [-0.15, -0.1) is 0 Å². The maximum absolute atomic E-state index is 13.8. The lowest BCUT2D eigenvalue weighted by molar-refractivity contribution is -0.384. The van der Waals surface area contributed by atoms with E-state index in [1.807, 2.05) is 24.3 Å². The van der Waals surface area contributed by atoms with E-state index in [-0.39, 0.29) is 36.4 Å². The minimum absolute atomic E-state index is 0.0671. The molecule has 6 rings (SSSR count). The normalized spacial score (nSPS) is 16.7. The fraction of sp³-hybridized carbons (Fsp3) is 0.267. The molecule has 2 aliphatic rings. The summed E-state index contributed by atoms with van der Waals surface area (Å²) in [5.41, 5.74) is 1.87. The average Bonchev–Trinajstić information content (AvgIpc) is 3.35. The minimum Gasteiger partial charge on any atom is -0.497 e. The van der Waals surface area contributed by atoms with Crippen molar-refractivity contribution in [1.82, 2.24) is 9.55 Å². The van der Waals surface area contributed by atoms with E-state index in [1.54, 1.807) is 26.2 Å². The highest BCUT2D eigenvalue weighted by molar-refractivity contribution is 5.98. The van der Waals surface area contributed by atoms with Gasteiger partial charge in [0, 0.05) is 42.1 Å². The lowest BCUT2D eigenvalue weighted by Crippen LogP contribution is -2.47. The molecule has 2 aromatic carbocycles. The molecule has 1 N–H and O–H groups in total. The monoisotopic (exact) mass is 570 g/mol. The number of carbonyl (C=O) groups excluding carboxylic acids is 2. The summed E-state index contributed by atoms with van der Waals surface area (Å²) < 4.78 is 17.6. The Morgan fingerprint density at radius 3 is 2.60 bits per heavy atom. The van der Waals surface area contributed by atoms with E-state index >= 15 is 0 Å². The second-order valence-corrected chi connectivity index (χ2v) is 10.1. The highest BCUT2D eigenvalue weighted by Crippen LogP contribution is 2.43. The third-order valence-corrected chi connectivity index (χ3v) is 7.80. The Balaban J connectivity index is 1.54. The maximum atomic E-state index is 13.8. The zero-order valence-electron chi connectivity index (χ0n) is 23.1. The number of hydrogen-bond acceptors (Lipinski definition) is 10. The molecule has 1 atom stereocenters. The van der Waals surface area contributed by atoms with Crippen molar-refractivity contribution in [3.63, 3.8) is 0 Å². The Hall–Kier alpha value is -5.26. The van der Waals surface area contributed by atoms with Gasteiger partial charge in [0.25, 0.3) is 11.2 Å². The molecule has 0 spiro atoms. The van der Waals surface area contributed by atoms with Crippen molar-refractivity contribution in [2.45, 2.75) is 45.6 Å². The number of esters is 2. The molecule has 4 heterocycles. The predicted molar refractivity (Wildman–Crippen MR) is 151 cm³/mol. The topological polar surface area (TPSA) is 152 Å². The van der Waals surface area contributed by atoms with E-state index in [0.717, 1.165) is 5.56 Å². The first-order chi connectivity index (χ1) is 20.2. The fourth-order valence-corrected chi connectivity index (χ4v) is 5.72. The zero-order chi connectivity index (χ0) is 29.8. The maximum Gasteiger partial charge on any atom is 0.355 e. The van der Waals surface area contributed by atoms with Crippen molar-refractivity contribution >= 4 is 34.2 Å². The van der Waals surface area contributed by atoms with Crippen LogP contribution in [-0.4, -0.2) is 33.5 Å². The summed E-state index contributed by atoms with van der Waals surface area (Å²) in [5, 5.41) is 15.6. The van der Waals surface area contributed by atoms with E-state index in [9.17, 15) is 24.5 Å². The molecule has 0 saturated carbocycles. The SMILES string of the molecule is CC[C@@]1(OC(C)=O)C(=O)OCc2c1cc1n(c2=O)Cc2c-1nc1ccc([N+](=O)[O-])cc1c2NCc1ccc(OC)cc1. The number of cyclic esters (lactones) is 1. The summed E-state index contributed by atoms with van der Waals surface area (Å²) in [6, 6.07) is 13.6. The third kappa shape index (κ3) is 4.14. The summed E-state index contributed by atoms with van der Waals surface area (Å²) in [5.74, 6) is -0.711. The Morgan fingerprint density at radius 2 is 1.93 bits per heavy atom. The van der Waals surface area contributed by atoms with Crippen molar-refractivity contribution in [1.29, 1.82) is 0 Å². The van der Waals surface area contributed by atoms with Gasteiger partial charge in [0.1, 0.15) is 12.4 Å². The number of aromatic nitrogens is 2. The highest BCUT2D eigenvalue weighted by Gasteiger charge is 2.50. The fourth-order valence-electron chi connectivity index (χ4n) is 5.72. The van der Waals surface area contributed by atoms with Gasteiger partial charge in [0.2, 0.25) is 5.60 Å². The number of fused-ring (bicyclic) bond motifs is 5. The lowest BCUT2D eigenvalue weighted by Gasteiger charge is -2.35. The summed E-state index contributed by atoms with van der Waals surface area (Å²) in [6.07, 6.45) is 0.0671. The van der Waals surface area contributed by atoms with E-state index in [2.05, 4.69) is 5.32 Å². The average molecular weight is 571 g/mol. The highest BCUT2D eigenvalue weighted by atomic mass is 16.6. The number of methoxy groups -OCH3 is 1. The van der Waals surface area contributed by atoms with Gasteiger partial charge in [-0.25, -0.2) is 9.78 Å². The Bertz CT molecular complexity index is 1860. The van der Waals surface area contributed by atoms with E-state index in [4.69, 9.17) is 19.2 Å². The third-order valence-electron chi connectivity index (χ3n) is 7.80. The summed E-state index contributed by atoms with van der Waals surface area (Å²) >= 11 is 0. The number of nitrogens with zero attached hydrogens (tertiary/aromatic N) is 3. The molecule has 0 bridgehead atoms. The number of anilines is 1. The van der Waals surface area contributed by atoms with Crippen LogP contribution in [0.1, 0.15) is 42.5 Å². The number of nitrogens with one attached hydrogen (secondary N) is 1. The second-order valence-electron chi connectivity index (χ2n) is 10.1. The number of rotatable bonds is 7. The van der Waals surface area contributed by atoms with Crippen LogP contribution in [0.2, 0.25) is 0 Å². The van der Waals surface area contributed by atoms with E-state index in [1.165, 1.54) is 23.6 Å². The molecule has 2 aliphatic heterocycles. The summed E-state index contributed by atoms with van der Waals surface area (Å²) in [6.45, 7) is 3.14. The molecule has 214 valence electrons. The van der Waals surface area contributed by atoms with Crippen molar-refractivity contribution in [2.75, 3.05) is 12.4 Å². The van der Waals surface area contributed by atoms with Crippen LogP contribution in [0.4, 0.5) is 11.4 Å². The second kappa shape index (κ2) is 9.98. The number of nitro groups is 1. The quantitative estimate of drug-likeness (QED) is 0.171. The van der Waals surface area contributed by atoms with Gasteiger partial charge in [0.05, 0.1) is 46.7 Å². The van der Waals surface area contributed by atoms with E-state index in [0.29, 0.717) is 45.8 Å². The molecule has 42 heavy (non-hydrogen) atoms. The minimum atomic E-state index is -1.76. The van der Waals surface area contributed by atoms with Crippen molar-refractivity contribution in [2.24, 2.45) is 0 Å². The van der Waals surface area contributed by atoms with E-state index < -0.39 is 28.0 Å². The summed E-state index contributed by atoms with van der Waals surface area (Å²) in [4.78, 5) is 54.8. The number of pyridine rings is 2. The molecule has 12 heteroatoms. The number of nitro benzene ring substituents is 1. The first-order valence-corrected chi connectivity index (χ1v) is 13.3. The molecule has 0 fully saturated rings. The number of hydrogen-bond donors (Lipinski definition) is 1. The van der Waals surface area contributed by atoms with Crippen molar-refractivity contribution in [3.05, 3.63) is 91.3 Å². The lowest BCUT2D eigenvalue weighted by atomic mass is 9.85. The largest absolute Gasteiger partial charge is 0.497 e. The van der Waals surface area contributed by atoms with Gasteiger partial charge < -0.3 is 24.1 Å². The molecular formula is C30H26N4O8. The van der Waals surface area contributed by atoms with Crippen molar-refractivity contribution in [3.8, 4) is 17.1 Å². The van der Waals surface area contributed by atoms with Gasteiger partial charge in [-0.05, 0) is 36.2 Å². The molecule has 0 saturated heterocycles. The molecule has 12 nitrogen and oxygen atoms in total. The van der Waals surface area contributed by atoms with Crippen LogP contribution in [0.25, 0.3) is 22.3 Å². The molecule has 0 amide bonds. The predicted octanol–water partition coefficient (Wildman–Crippen LogP) is 4.18. The molecule has 0 aliphatic carbocycles. The van der Waals surface area contributed by atoms with Crippen LogP contribution in [0, 0.1) is 10.1 Å². The van der Waals surface area contributed by atoms with Gasteiger partial charge >= 0.3 is 11.9 Å². The van der Waals surface area contributed by atoms with Gasteiger partial charge in [-0.1, -0.05) is 19.1 Å². The number of carbonyl (C=O) groups is 2. The molecule has 0 unspecified atom stereocenters. The smallest absolute Gasteiger partial charge is 0.355 e. The molecule has 4 aromatic rings.